The Hall–Kier alpha value is -2.30. The molecule has 32 heavy (non-hydrogen) atoms. The van der Waals surface area contributed by atoms with Gasteiger partial charge in [0.2, 0.25) is 0 Å². The van der Waals surface area contributed by atoms with Crippen molar-refractivity contribution in [2.24, 2.45) is 4.99 Å². The monoisotopic (exact) mass is 560 g/mol. The molecule has 2 aromatic rings. The van der Waals surface area contributed by atoms with Crippen LogP contribution in [0.3, 0.4) is 0 Å². The van der Waals surface area contributed by atoms with Crippen molar-refractivity contribution in [2.45, 2.75) is 31.9 Å². The van der Waals surface area contributed by atoms with Crippen LogP contribution in [0.15, 0.2) is 53.5 Å². The lowest BCUT2D eigenvalue weighted by atomic mass is 10.0. The summed E-state index contributed by atoms with van der Waals surface area (Å²) in [6.45, 7) is 1.41. The number of ether oxygens (including phenoxy) is 2. The first-order chi connectivity index (χ1) is 15.0. The highest BCUT2D eigenvalue weighted by atomic mass is 127. The standard InChI is InChI=1S/C23H30F2N4O2.HI/c1-16(18-8-4-6-10-20(18)30-3)14-27-23(26-2)28-17-12-13-29(15-17)19-9-5-7-11-21(19)31-22(24)25;/h4-11,16-17,22H,12-15H2,1-3H3,(H2,26,27,28);1H. The van der Waals surface area contributed by atoms with E-state index in [1.807, 2.05) is 30.3 Å². The van der Waals surface area contributed by atoms with Crippen molar-refractivity contribution in [1.82, 2.24) is 10.6 Å². The van der Waals surface area contributed by atoms with E-state index in [9.17, 15) is 8.78 Å². The maximum atomic E-state index is 12.7. The minimum Gasteiger partial charge on any atom is -0.496 e. The van der Waals surface area contributed by atoms with Gasteiger partial charge in [0.15, 0.2) is 5.96 Å². The van der Waals surface area contributed by atoms with E-state index in [4.69, 9.17) is 4.74 Å². The van der Waals surface area contributed by atoms with Crippen molar-refractivity contribution in [2.75, 3.05) is 38.7 Å². The summed E-state index contributed by atoms with van der Waals surface area (Å²) in [5.74, 6) is 2.01. The minimum atomic E-state index is -2.84. The Kier molecular flexibility index (Phi) is 10.3. The number of hydrogen-bond acceptors (Lipinski definition) is 4. The number of benzene rings is 2. The third-order valence-corrected chi connectivity index (χ3v) is 5.42. The van der Waals surface area contributed by atoms with E-state index in [1.165, 1.54) is 0 Å². The highest BCUT2D eigenvalue weighted by Gasteiger charge is 2.26. The molecule has 1 aliphatic heterocycles. The molecule has 6 nitrogen and oxygen atoms in total. The van der Waals surface area contributed by atoms with Crippen LogP contribution in [0.2, 0.25) is 0 Å². The van der Waals surface area contributed by atoms with Gasteiger partial charge in [0.25, 0.3) is 0 Å². The first-order valence-electron chi connectivity index (χ1n) is 10.4. The second kappa shape index (κ2) is 12.7. The molecule has 0 spiro atoms. The lowest BCUT2D eigenvalue weighted by molar-refractivity contribution is -0.0495. The van der Waals surface area contributed by atoms with Gasteiger partial charge >= 0.3 is 6.61 Å². The molecular formula is C23H31F2IN4O2. The molecule has 1 saturated heterocycles. The van der Waals surface area contributed by atoms with E-state index in [-0.39, 0.29) is 41.7 Å². The zero-order valence-corrected chi connectivity index (χ0v) is 20.9. The molecule has 0 bridgehead atoms. The summed E-state index contributed by atoms with van der Waals surface area (Å²) in [7, 11) is 3.41. The minimum absolute atomic E-state index is 0. The summed E-state index contributed by atoms with van der Waals surface area (Å²) < 4.78 is 35.6. The Morgan fingerprint density at radius 3 is 2.53 bits per heavy atom. The van der Waals surface area contributed by atoms with Crippen molar-refractivity contribution >= 4 is 35.6 Å². The number of alkyl halides is 2. The molecule has 2 unspecified atom stereocenters. The van der Waals surface area contributed by atoms with Crippen molar-refractivity contribution < 1.29 is 18.3 Å². The zero-order valence-electron chi connectivity index (χ0n) is 18.6. The fraction of sp³-hybridized carbons (Fsp3) is 0.435. The van der Waals surface area contributed by atoms with E-state index in [0.717, 1.165) is 24.3 Å². The Morgan fingerprint density at radius 1 is 1.16 bits per heavy atom. The molecule has 0 saturated carbocycles. The van der Waals surface area contributed by atoms with Crippen LogP contribution >= 0.6 is 24.0 Å². The smallest absolute Gasteiger partial charge is 0.387 e. The fourth-order valence-electron chi connectivity index (χ4n) is 3.83. The van der Waals surface area contributed by atoms with E-state index in [2.05, 4.69) is 38.3 Å². The predicted octanol–water partition coefficient (Wildman–Crippen LogP) is 4.46. The van der Waals surface area contributed by atoms with E-state index in [0.29, 0.717) is 24.7 Å². The third kappa shape index (κ3) is 6.85. The molecule has 0 radical (unpaired) electrons. The topological polar surface area (TPSA) is 58.1 Å². The van der Waals surface area contributed by atoms with Gasteiger partial charge in [0.05, 0.1) is 12.8 Å². The van der Waals surface area contributed by atoms with Gasteiger partial charge in [-0.1, -0.05) is 37.3 Å². The summed E-state index contributed by atoms with van der Waals surface area (Å²) >= 11 is 0. The molecule has 2 atom stereocenters. The van der Waals surface area contributed by atoms with Gasteiger partial charge in [0.1, 0.15) is 11.5 Å². The van der Waals surface area contributed by atoms with Gasteiger partial charge in [0, 0.05) is 38.6 Å². The van der Waals surface area contributed by atoms with E-state index >= 15 is 0 Å². The first kappa shape index (κ1) is 26.0. The lowest BCUT2D eigenvalue weighted by Gasteiger charge is -2.23. The highest BCUT2D eigenvalue weighted by Crippen LogP contribution is 2.31. The molecule has 9 heteroatoms. The summed E-state index contributed by atoms with van der Waals surface area (Å²) in [6, 6.07) is 15.0. The van der Waals surface area contributed by atoms with E-state index < -0.39 is 6.61 Å². The number of aliphatic imine (C=N–C) groups is 1. The van der Waals surface area contributed by atoms with Gasteiger partial charge < -0.3 is 25.0 Å². The van der Waals surface area contributed by atoms with Crippen molar-refractivity contribution in [3.8, 4) is 11.5 Å². The summed E-state index contributed by atoms with van der Waals surface area (Å²) in [5.41, 5.74) is 1.82. The molecule has 176 valence electrons. The molecular weight excluding hydrogens is 529 g/mol. The molecule has 0 aromatic heterocycles. The average Bonchev–Trinajstić information content (AvgIpc) is 3.24. The molecule has 1 aliphatic rings. The highest BCUT2D eigenvalue weighted by molar-refractivity contribution is 14.0. The Morgan fingerprint density at radius 2 is 1.84 bits per heavy atom. The number of halogens is 3. The average molecular weight is 560 g/mol. The van der Waals surface area contributed by atoms with Crippen LogP contribution in [0.5, 0.6) is 11.5 Å². The predicted molar refractivity (Wildman–Crippen MR) is 135 cm³/mol. The zero-order chi connectivity index (χ0) is 22.2. The molecule has 1 fully saturated rings. The number of nitrogens with zero attached hydrogens (tertiary/aromatic N) is 2. The van der Waals surface area contributed by atoms with Gasteiger partial charge in [-0.3, -0.25) is 4.99 Å². The molecule has 2 aromatic carbocycles. The van der Waals surface area contributed by atoms with Crippen LogP contribution in [-0.4, -0.2) is 52.4 Å². The van der Waals surface area contributed by atoms with Crippen molar-refractivity contribution in [3.05, 3.63) is 54.1 Å². The number of anilines is 1. The maximum absolute atomic E-state index is 12.7. The largest absolute Gasteiger partial charge is 0.496 e. The SMILES string of the molecule is CN=C(NCC(C)c1ccccc1OC)NC1CCN(c2ccccc2OC(F)F)C1.I. The normalized spacial score (nSPS) is 17.0. The van der Waals surface area contributed by atoms with Crippen LogP contribution in [0.1, 0.15) is 24.8 Å². The lowest BCUT2D eigenvalue weighted by Crippen LogP contribution is -2.45. The quantitative estimate of drug-likeness (QED) is 0.284. The Labute approximate surface area is 205 Å². The Balaban J connectivity index is 0.00000363. The Bertz CT molecular complexity index is 885. The number of rotatable bonds is 8. The second-order valence-electron chi connectivity index (χ2n) is 7.52. The van der Waals surface area contributed by atoms with Crippen molar-refractivity contribution in [3.63, 3.8) is 0 Å². The third-order valence-electron chi connectivity index (χ3n) is 5.42. The number of para-hydroxylation sites is 3. The molecule has 0 amide bonds. The number of guanidine groups is 1. The van der Waals surface area contributed by atoms with Crippen LogP contribution < -0.4 is 25.0 Å². The summed E-state index contributed by atoms with van der Waals surface area (Å²) in [4.78, 5) is 6.39. The van der Waals surface area contributed by atoms with Gasteiger partial charge in [-0.25, -0.2) is 0 Å². The van der Waals surface area contributed by atoms with Crippen LogP contribution in [0, 0.1) is 0 Å². The fourth-order valence-corrected chi connectivity index (χ4v) is 3.83. The van der Waals surface area contributed by atoms with Gasteiger partial charge in [-0.2, -0.15) is 8.78 Å². The molecule has 3 rings (SSSR count). The first-order valence-corrected chi connectivity index (χ1v) is 10.4. The second-order valence-corrected chi connectivity index (χ2v) is 7.52. The summed E-state index contributed by atoms with van der Waals surface area (Å²) in [6.07, 6.45) is 0.867. The molecule has 1 heterocycles. The van der Waals surface area contributed by atoms with Crippen molar-refractivity contribution in [1.29, 1.82) is 0 Å². The molecule has 2 N–H and O–H groups in total. The van der Waals surface area contributed by atoms with E-state index in [1.54, 1.807) is 26.3 Å². The van der Waals surface area contributed by atoms with Crippen LogP contribution in [0.4, 0.5) is 14.5 Å². The van der Waals surface area contributed by atoms with Gasteiger partial charge in [-0.15, -0.1) is 24.0 Å². The van der Waals surface area contributed by atoms with Crippen LogP contribution in [0.25, 0.3) is 0 Å². The van der Waals surface area contributed by atoms with Crippen LogP contribution in [-0.2, 0) is 0 Å². The molecule has 0 aliphatic carbocycles. The number of methoxy groups -OCH3 is 1. The number of hydrogen-bond donors (Lipinski definition) is 2. The summed E-state index contributed by atoms with van der Waals surface area (Å²) in [5, 5.41) is 6.82. The van der Waals surface area contributed by atoms with Gasteiger partial charge in [-0.05, 0) is 30.2 Å². The number of nitrogens with one attached hydrogen (secondary N) is 2. The maximum Gasteiger partial charge on any atom is 0.387 e.